The van der Waals surface area contributed by atoms with E-state index in [-0.39, 0.29) is 35.2 Å². The molecule has 5 atom stereocenters. The van der Waals surface area contributed by atoms with Crippen LogP contribution in [0.5, 0.6) is 0 Å². The predicted octanol–water partition coefficient (Wildman–Crippen LogP) is 6.31. The fraction of sp³-hybridized carbons (Fsp3) is 0.524. The Balaban J connectivity index is 1.39. The number of halogens is 2. The van der Waals surface area contributed by atoms with Gasteiger partial charge in [-0.1, -0.05) is 26.8 Å². The lowest BCUT2D eigenvalue weighted by Crippen LogP contribution is -2.61. The van der Waals surface area contributed by atoms with Crippen molar-refractivity contribution >= 4 is 64.3 Å². The molecular formula is C42H52F2N5O11PS. The summed E-state index contributed by atoms with van der Waals surface area (Å²) in [5.41, 5.74) is -6.19. The summed E-state index contributed by atoms with van der Waals surface area (Å²) >= 11 is 0.926. The molecule has 62 heavy (non-hydrogen) atoms. The minimum absolute atomic E-state index is 0.0187. The van der Waals surface area contributed by atoms with E-state index in [2.05, 4.69) is 5.32 Å². The van der Waals surface area contributed by atoms with Crippen molar-refractivity contribution in [3.63, 3.8) is 0 Å². The normalized spacial score (nSPS) is 20.0. The van der Waals surface area contributed by atoms with Gasteiger partial charge in [0.15, 0.2) is 13.1 Å². The Morgan fingerprint density at radius 1 is 1.02 bits per heavy atom. The average Bonchev–Trinajstić information content (AvgIpc) is 3.84. The maximum Gasteiger partial charge on any atom is 0.409 e. The molecule has 336 valence electrons. The van der Waals surface area contributed by atoms with Gasteiger partial charge in [-0.15, -0.1) is 11.3 Å². The van der Waals surface area contributed by atoms with E-state index in [1.807, 2.05) is 6.07 Å². The summed E-state index contributed by atoms with van der Waals surface area (Å²) < 4.78 is 67.0. The SMILES string of the molecule is CC(=O)N1CC[C@H]2CC[C@@H](C(=O)N(C)c3ccc(C#N)cc3)N2C(=O)C(NC(=O)c2cc3cc(C(F)(F)P(=O)(OCOC(=O)C(C)(C)C)OCOC(O)C(C)(C)C)ccc3s2)C1. The number of aliphatic hydroxyl groups is 1. The van der Waals surface area contributed by atoms with Gasteiger partial charge >= 0.3 is 19.2 Å². The highest BCUT2D eigenvalue weighted by molar-refractivity contribution is 7.54. The van der Waals surface area contributed by atoms with E-state index >= 15 is 8.78 Å². The van der Waals surface area contributed by atoms with Crippen molar-refractivity contribution in [1.29, 1.82) is 5.26 Å². The zero-order valence-corrected chi connectivity index (χ0v) is 37.5. The molecule has 2 N–H and O–H groups in total. The van der Waals surface area contributed by atoms with E-state index in [1.165, 1.54) is 54.5 Å². The standard InChI is InChI=1S/C42H52F2N5O11PS/c1-25(50)48-18-17-30-14-15-32(37(53)47(8)29-12-9-26(21-45)10-13-29)49(30)36(52)31(22-48)46-35(51)34-20-27-19-28(11-16-33(27)62-34)42(43,44)61(56,59-23-57-38(54)40(2,3)4)60-24-58-39(55)41(5,6)7/h9-13,16,19-20,30-32,38,54H,14-15,17-18,22-24H2,1-8H3,(H,46,51)/t30-,31?,32+,38?,61?/m1/s1. The lowest BCUT2D eigenvalue weighted by Gasteiger charge is -2.39. The minimum Gasteiger partial charge on any atom is -0.438 e. The molecule has 16 nitrogen and oxygen atoms in total. The van der Waals surface area contributed by atoms with Crippen molar-refractivity contribution < 1.29 is 60.9 Å². The van der Waals surface area contributed by atoms with Crippen LogP contribution in [0, 0.1) is 22.2 Å². The summed E-state index contributed by atoms with van der Waals surface area (Å²) in [6, 6.07) is 10.4. The second-order valence-electron chi connectivity index (χ2n) is 17.3. The Kier molecular flexibility index (Phi) is 14.7. The summed E-state index contributed by atoms with van der Waals surface area (Å²) in [4.78, 5) is 71.6. The zero-order valence-electron chi connectivity index (χ0n) is 35.8. The number of hydrogen-bond donors (Lipinski definition) is 2. The molecule has 0 spiro atoms. The molecule has 2 aliphatic rings. The van der Waals surface area contributed by atoms with Crippen LogP contribution < -0.4 is 10.2 Å². The molecule has 1 aromatic heterocycles. The third kappa shape index (κ3) is 10.7. The van der Waals surface area contributed by atoms with E-state index in [4.69, 9.17) is 18.5 Å². The monoisotopic (exact) mass is 903 g/mol. The van der Waals surface area contributed by atoms with Crippen molar-refractivity contribution in [3.8, 4) is 6.07 Å². The number of fused-ring (bicyclic) bond motifs is 2. The largest absolute Gasteiger partial charge is 0.438 e. The number of anilines is 1. The quantitative estimate of drug-likeness (QED) is 0.110. The Hall–Kier alpha value is -4.83. The number of rotatable bonds is 13. The van der Waals surface area contributed by atoms with Crippen molar-refractivity contribution in [2.24, 2.45) is 10.8 Å². The van der Waals surface area contributed by atoms with Crippen molar-refractivity contribution in [3.05, 3.63) is 64.5 Å². The topological polar surface area (TPSA) is 205 Å². The molecule has 0 saturated carbocycles. The minimum atomic E-state index is -5.59. The van der Waals surface area contributed by atoms with Gasteiger partial charge in [-0.05, 0) is 87.9 Å². The van der Waals surface area contributed by atoms with Crippen LogP contribution in [-0.2, 0) is 47.9 Å². The third-order valence-electron chi connectivity index (χ3n) is 10.6. The van der Waals surface area contributed by atoms with Gasteiger partial charge in [-0.2, -0.15) is 14.0 Å². The van der Waals surface area contributed by atoms with Gasteiger partial charge in [0.05, 0.1) is 21.9 Å². The second kappa shape index (κ2) is 18.9. The number of ether oxygens (including phenoxy) is 2. The molecule has 2 aromatic carbocycles. The summed E-state index contributed by atoms with van der Waals surface area (Å²) in [6.07, 6.45) is -0.260. The molecule has 0 radical (unpaired) electrons. The predicted molar refractivity (Wildman–Crippen MR) is 224 cm³/mol. The maximum absolute atomic E-state index is 16.4. The molecule has 4 amide bonds. The number of nitriles is 1. The number of nitrogens with zero attached hydrogens (tertiary/aromatic N) is 4. The number of aliphatic hydroxyl groups excluding tert-OH is 1. The van der Waals surface area contributed by atoms with Gasteiger partial charge in [0, 0.05) is 54.5 Å². The first kappa shape index (κ1) is 48.2. The number of carbonyl (C=O) groups is 5. The van der Waals surface area contributed by atoms with E-state index in [9.17, 15) is 38.9 Å². The average molecular weight is 904 g/mol. The number of likely N-dealkylation sites (N-methyl/N-ethyl adjacent to an activating group) is 1. The van der Waals surface area contributed by atoms with Gasteiger partial charge in [-0.25, -0.2) is 0 Å². The van der Waals surface area contributed by atoms with Crippen molar-refractivity contribution in [2.75, 3.05) is 38.6 Å². The van der Waals surface area contributed by atoms with E-state index in [0.29, 0.717) is 35.2 Å². The molecule has 2 saturated heterocycles. The summed E-state index contributed by atoms with van der Waals surface area (Å²) in [7, 11) is -4.02. The molecule has 2 aliphatic heterocycles. The molecule has 2 fully saturated rings. The molecule has 3 heterocycles. The van der Waals surface area contributed by atoms with Crippen LogP contribution in [0.3, 0.4) is 0 Å². The molecular weight excluding hydrogens is 852 g/mol. The molecule has 0 bridgehead atoms. The van der Waals surface area contributed by atoms with Crippen molar-refractivity contribution in [1.82, 2.24) is 15.1 Å². The first-order chi connectivity index (χ1) is 28.9. The number of hydrogen-bond acceptors (Lipinski definition) is 13. The first-order valence-electron chi connectivity index (χ1n) is 19.8. The Labute approximate surface area is 362 Å². The van der Waals surface area contributed by atoms with Gasteiger partial charge in [0.2, 0.25) is 24.5 Å². The van der Waals surface area contributed by atoms with Gasteiger partial charge in [0.1, 0.15) is 12.1 Å². The number of alkyl halides is 2. The number of benzene rings is 2. The van der Waals surface area contributed by atoms with Crippen LogP contribution in [-0.4, -0.2) is 103 Å². The molecule has 3 unspecified atom stereocenters. The number of amides is 4. The fourth-order valence-corrected chi connectivity index (χ4v) is 9.02. The zero-order chi connectivity index (χ0) is 45.9. The lowest BCUT2D eigenvalue weighted by atomic mass is 9.96. The smallest absolute Gasteiger partial charge is 0.409 e. The third-order valence-corrected chi connectivity index (χ3v) is 13.5. The maximum atomic E-state index is 16.4. The van der Waals surface area contributed by atoms with E-state index in [0.717, 1.165) is 23.5 Å². The summed E-state index contributed by atoms with van der Waals surface area (Å²) in [6.45, 7) is 8.58. The lowest BCUT2D eigenvalue weighted by molar-refractivity contribution is -0.195. The van der Waals surface area contributed by atoms with Crippen LogP contribution in [0.2, 0.25) is 0 Å². The van der Waals surface area contributed by atoms with Crippen LogP contribution in [0.1, 0.15) is 88.5 Å². The summed E-state index contributed by atoms with van der Waals surface area (Å²) in [5, 5.41) is 22.3. The van der Waals surface area contributed by atoms with Crippen LogP contribution in [0.4, 0.5) is 14.5 Å². The van der Waals surface area contributed by atoms with Crippen LogP contribution in [0.15, 0.2) is 48.5 Å². The first-order valence-corrected chi connectivity index (χ1v) is 22.2. The Bertz CT molecular complexity index is 2270. The van der Waals surface area contributed by atoms with E-state index < -0.39 is 85.4 Å². The highest BCUT2D eigenvalue weighted by Gasteiger charge is 2.56. The number of nitrogens with one attached hydrogen (secondary N) is 1. The van der Waals surface area contributed by atoms with Crippen molar-refractivity contribution in [2.45, 2.75) is 97.8 Å². The van der Waals surface area contributed by atoms with Gasteiger partial charge < -0.3 is 34.6 Å². The summed E-state index contributed by atoms with van der Waals surface area (Å²) in [5.74, 6) is -2.82. The molecule has 3 aromatic rings. The van der Waals surface area contributed by atoms with Gasteiger partial charge in [0.25, 0.3) is 5.91 Å². The Morgan fingerprint density at radius 3 is 2.29 bits per heavy atom. The fourth-order valence-electron chi connectivity index (χ4n) is 6.83. The second-order valence-corrected chi connectivity index (χ2v) is 20.4. The van der Waals surface area contributed by atoms with Crippen LogP contribution >= 0.6 is 18.9 Å². The Morgan fingerprint density at radius 2 is 1.68 bits per heavy atom. The van der Waals surface area contributed by atoms with E-state index in [1.54, 1.807) is 52.1 Å². The van der Waals surface area contributed by atoms with Crippen LogP contribution in [0.25, 0.3) is 10.1 Å². The number of carbonyl (C=O) groups excluding carboxylic acids is 5. The highest BCUT2D eigenvalue weighted by atomic mass is 32.1. The molecule has 5 rings (SSSR count). The molecule has 0 aliphatic carbocycles. The number of esters is 1. The molecule has 20 heteroatoms. The van der Waals surface area contributed by atoms with Gasteiger partial charge in [-0.3, -0.25) is 37.6 Å². The number of thiophene rings is 1. The highest BCUT2D eigenvalue weighted by Crippen LogP contribution is 2.67.